The molecule has 0 spiro atoms. The van der Waals surface area contributed by atoms with Gasteiger partial charge in [0.2, 0.25) is 26.0 Å². The summed E-state index contributed by atoms with van der Waals surface area (Å²) in [6.07, 6.45) is 1.49. The highest BCUT2D eigenvalue weighted by atomic mass is 32.2. The van der Waals surface area contributed by atoms with Crippen LogP contribution in [0.5, 0.6) is 0 Å². The molecule has 1 amide bonds. The Morgan fingerprint density at radius 2 is 1.44 bits per heavy atom. The van der Waals surface area contributed by atoms with Crippen LogP contribution in [-0.4, -0.2) is 68.2 Å². The third kappa shape index (κ3) is 5.01. The number of sulfonamides is 2. The van der Waals surface area contributed by atoms with Gasteiger partial charge in [0.15, 0.2) is 0 Å². The number of aliphatic hydroxyl groups excluding tert-OH is 1. The molecule has 2 aromatic carbocycles. The predicted octanol–water partition coefficient (Wildman–Crippen LogP) is 1.76. The van der Waals surface area contributed by atoms with Crippen LogP contribution in [0.3, 0.4) is 0 Å². The van der Waals surface area contributed by atoms with Crippen LogP contribution in [0, 0.1) is 5.82 Å². The Bertz CT molecular complexity index is 1240. The summed E-state index contributed by atoms with van der Waals surface area (Å²) in [6, 6.07) is 8.73. The van der Waals surface area contributed by atoms with E-state index in [0.717, 1.165) is 47.8 Å². The van der Waals surface area contributed by atoms with Crippen molar-refractivity contribution in [2.45, 2.75) is 47.6 Å². The Morgan fingerprint density at radius 1 is 0.882 bits per heavy atom. The van der Waals surface area contributed by atoms with Gasteiger partial charge in [-0.2, -0.15) is 8.61 Å². The van der Waals surface area contributed by atoms with Gasteiger partial charge in [-0.05, 0) is 61.4 Å². The fourth-order valence-electron chi connectivity index (χ4n) is 4.22. The van der Waals surface area contributed by atoms with Crippen LogP contribution >= 0.6 is 0 Å². The van der Waals surface area contributed by atoms with E-state index in [9.17, 15) is 31.1 Å². The number of nitrogens with one attached hydrogen (secondary N) is 1. The zero-order valence-electron chi connectivity index (χ0n) is 18.3. The maximum atomic E-state index is 13.2. The quantitative estimate of drug-likeness (QED) is 0.609. The molecule has 4 rings (SSSR count). The van der Waals surface area contributed by atoms with Crippen LogP contribution in [-0.2, 0) is 24.8 Å². The standard InChI is InChI=1S/C22H26FN3O6S2/c23-16-4-8-20(9-5-16)34(31,32)26-15-18(27)14-21(26)22(28)24-17-6-10-19(11-7-17)33(29,30)25-12-2-1-3-13-25/h4-11,18,21,27H,1-3,12-15H2,(H,24,28)/t18-,21+/m1/s1. The predicted molar refractivity (Wildman–Crippen MR) is 122 cm³/mol. The van der Waals surface area contributed by atoms with E-state index in [1.807, 2.05) is 0 Å². The Labute approximate surface area is 198 Å². The van der Waals surface area contributed by atoms with Gasteiger partial charge in [0.05, 0.1) is 15.9 Å². The smallest absolute Gasteiger partial charge is 0.243 e. The average Bonchev–Trinajstić information content (AvgIpc) is 3.23. The van der Waals surface area contributed by atoms with Crippen molar-refractivity contribution in [1.82, 2.24) is 8.61 Å². The molecule has 34 heavy (non-hydrogen) atoms. The molecule has 12 heteroatoms. The van der Waals surface area contributed by atoms with Gasteiger partial charge in [0.25, 0.3) is 0 Å². The van der Waals surface area contributed by atoms with Crippen molar-refractivity contribution in [3.05, 3.63) is 54.3 Å². The van der Waals surface area contributed by atoms with Gasteiger partial charge < -0.3 is 10.4 Å². The van der Waals surface area contributed by atoms with Crippen molar-refractivity contribution in [1.29, 1.82) is 0 Å². The number of carbonyl (C=O) groups is 1. The number of rotatable bonds is 6. The first-order chi connectivity index (χ1) is 16.1. The summed E-state index contributed by atoms with van der Waals surface area (Å²) in [5, 5.41) is 12.7. The molecule has 9 nitrogen and oxygen atoms in total. The van der Waals surface area contributed by atoms with Crippen LogP contribution in [0.4, 0.5) is 10.1 Å². The molecular weight excluding hydrogens is 485 g/mol. The summed E-state index contributed by atoms with van der Waals surface area (Å²) in [5.41, 5.74) is 0.295. The lowest BCUT2D eigenvalue weighted by molar-refractivity contribution is -0.119. The van der Waals surface area contributed by atoms with Gasteiger partial charge in [-0.3, -0.25) is 4.79 Å². The second kappa shape index (κ2) is 9.70. The number of hydrogen-bond acceptors (Lipinski definition) is 6. The minimum atomic E-state index is -4.15. The largest absolute Gasteiger partial charge is 0.392 e. The second-order valence-corrected chi connectivity index (χ2v) is 12.2. The van der Waals surface area contributed by atoms with Gasteiger partial charge >= 0.3 is 0 Å². The zero-order chi connectivity index (χ0) is 24.5. The third-order valence-electron chi connectivity index (χ3n) is 6.03. The van der Waals surface area contributed by atoms with Crippen molar-refractivity contribution in [2.24, 2.45) is 0 Å². The van der Waals surface area contributed by atoms with Gasteiger partial charge in [-0.1, -0.05) is 6.42 Å². The second-order valence-electron chi connectivity index (χ2n) is 8.41. The van der Waals surface area contributed by atoms with Crippen molar-refractivity contribution in [3.8, 4) is 0 Å². The van der Waals surface area contributed by atoms with Gasteiger partial charge in [0, 0.05) is 31.7 Å². The summed E-state index contributed by atoms with van der Waals surface area (Å²) in [7, 11) is -7.77. The van der Waals surface area contributed by atoms with E-state index in [1.54, 1.807) is 0 Å². The molecule has 2 aliphatic heterocycles. The van der Waals surface area contributed by atoms with E-state index in [4.69, 9.17) is 0 Å². The number of β-amino-alcohol motifs (C(OH)–C–C–N with tert-alkyl or cyclic N) is 1. The number of nitrogens with zero attached hydrogens (tertiary/aromatic N) is 2. The molecule has 0 unspecified atom stereocenters. The lowest BCUT2D eigenvalue weighted by atomic mass is 10.2. The number of carbonyl (C=O) groups excluding carboxylic acids is 1. The van der Waals surface area contributed by atoms with Crippen molar-refractivity contribution < 1.29 is 31.1 Å². The van der Waals surface area contributed by atoms with E-state index in [-0.39, 0.29) is 22.8 Å². The van der Waals surface area contributed by atoms with Crippen molar-refractivity contribution in [3.63, 3.8) is 0 Å². The van der Waals surface area contributed by atoms with E-state index in [0.29, 0.717) is 18.8 Å². The van der Waals surface area contributed by atoms with E-state index in [1.165, 1.54) is 28.6 Å². The van der Waals surface area contributed by atoms with Crippen LogP contribution in [0.2, 0.25) is 0 Å². The Balaban J connectivity index is 1.49. The Kier molecular flexibility index (Phi) is 7.06. The molecule has 184 valence electrons. The van der Waals surface area contributed by atoms with Crippen LogP contribution in [0.25, 0.3) is 0 Å². The normalized spacial score (nSPS) is 22.5. The number of anilines is 1. The van der Waals surface area contributed by atoms with E-state index in [2.05, 4.69) is 5.32 Å². The maximum absolute atomic E-state index is 13.2. The van der Waals surface area contributed by atoms with Gasteiger partial charge in [-0.15, -0.1) is 0 Å². The van der Waals surface area contributed by atoms with Crippen molar-refractivity contribution >= 4 is 31.6 Å². The molecule has 2 aliphatic rings. The van der Waals surface area contributed by atoms with E-state index < -0.39 is 43.9 Å². The number of aliphatic hydroxyl groups is 1. The summed E-state index contributed by atoms with van der Waals surface area (Å²) < 4.78 is 67.1. The molecule has 2 fully saturated rings. The van der Waals surface area contributed by atoms with Crippen molar-refractivity contribution in [2.75, 3.05) is 25.0 Å². The Hall–Kier alpha value is -2.38. The van der Waals surface area contributed by atoms with Gasteiger partial charge in [0.1, 0.15) is 11.9 Å². The molecular formula is C22H26FN3O6S2. The van der Waals surface area contributed by atoms with E-state index >= 15 is 0 Å². The molecule has 2 N–H and O–H groups in total. The zero-order valence-corrected chi connectivity index (χ0v) is 19.9. The minimum Gasteiger partial charge on any atom is -0.392 e. The molecule has 2 heterocycles. The highest BCUT2D eigenvalue weighted by Crippen LogP contribution is 2.28. The molecule has 0 bridgehead atoms. The molecule has 0 saturated carbocycles. The fourth-order valence-corrected chi connectivity index (χ4v) is 7.37. The first-order valence-corrected chi connectivity index (χ1v) is 13.8. The summed E-state index contributed by atoms with van der Waals surface area (Å²) >= 11 is 0. The average molecular weight is 512 g/mol. The topological polar surface area (TPSA) is 124 Å². The third-order valence-corrected chi connectivity index (χ3v) is 9.83. The minimum absolute atomic E-state index is 0.103. The lowest BCUT2D eigenvalue weighted by Gasteiger charge is -2.26. The van der Waals surface area contributed by atoms with Gasteiger partial charge in [-0.25, -0.2) is 21.2 Å². The van der Waals surface area contributed by atoms with Crippen LogP contribution in [0.15, 0.2) is 58.3 Å². The van der Waals surface area contributed by atoms with Crippen LogP contribution in [0.1, 0.15) is 25.7 Å². The molecule has 2 atom stereocenters. The summed E-state index contributed by atoms with van der Waals surface area (Å²) in [5.74, 6) is -1.26. The first kappa shape index (κ1) is 24.7. The molecule has 0 aliphatic carbocycles. The number of amides is 1. The number of benzene rings is 2. The Morgan fingerprint density at radius 3 is 2.06 bits per heavy atom. The highest BCUT2D eigenvalue weighted by molar-refractivity contribution is 7.89. The fraction of sp³-hybridized carbons (Fsp3) is 0.409. The molecule has 2 aromatic rings. The molecule has 2 saturated heterocycles. The number of piperidine rings is 1. The summed E-state index contributed by atoms with van der Waals surface area (Å²) in [4.78, 5) is 12.8. The number of hydrogen-bond donors (Lipinski definition) is 2. The first-order valence-electron chi connectivity index (χ1n) is 11.0. The van der Waals surface area contributed by atoms with Crippen LogP contribution < -0.4 is 5.32 Å². The highest BCUT2D eigenvalue weighted by Gasteiger charge is 2.43. The monoisotopic (exact) mass is 511 g/mol. The summed E-state index contributed by atoms with van der Waals surface area (Å²) in [6.45, 7) is 0.678. The molecule has 0 aromatic heterocycles. The SMILES string of the molecule is O=C(Nc1ccc(S(=O)(=O)N2CCCCC2)cc1)[C@@H]1C[C@@H](O)CN1S(=O)(=O)c1ccc(F)cc1. The maximum Gasteiger partial charge on any atom is 0.243 e. The lowest BCUT2D eigenvalue weighted by Crippen LogP contribution is -2.43. The molecule has 0 radical (unpaired) electrons. The number of halogens is 1.